The zero-order chi connectivity index (χ0) is 11.6. The lowest BCUT2D eigenvalue weighted by Gasteiger charge is -2.25. The average molecular weight is 230 g/mol. The van der Waals surface area contributed by atoms with Gasteiger partial charge < -0.3 is 5.11 Å². The highest BCUT2D eigenvalue weighted by atomic mass is 35.5. The predicted molar refractivity (Wildman–Crippen MR) is 55.9 cm³/mol. The Labute approximate surface area is 93.5 Å². The van der Waals surface area contributed by atoms with E-state index >= 15 is 0 Å². The minimum atomic E-state index is -2.02. The number of rotatable bonds is 3. The molecule has 1 aromatic rings. The number of halogens is 3. The fourth-order valence-corrected chi connectivity index (χ4v) is 1.59. The van der Waals surface area contributed by atoms with Gasteiger partial charge in [0.05, 0.1) is 10.5 Å². The molecule has 5 heteroatoms. The predicted octanol–water partition coefficient (Wildman–Crippen LogP) is 2.73. The lowest BCUT2D eigenvalue weighted by molar-refractivity contribution is 0.108. The van der Waals surface area contributed by atoms with Crippen LogP contribution >= 0.6 is 11.6 Å². The number of aliphatic hydroxyl groups is 1. The number of hydrogen-bond acceptors (Lipinski definition) is 1. The van der Waals surface area contributed by atoms with Crippen LogP contribution in [-0.2, 0) is 5.50 Å². The van der Waals surface area contributed by atoms with Gasteiger partial charge in [-0.15, -0.1) is 0 Å². The summed E-state index contributed by atoms with van der Waals surface area (Å²) in [5.41, 5.74) is -2.59. The molecule has 0 aliphatic heterocycles. The van der Waals surface area contributed by atoms with Crippen LogP contribution in [0.4, 0.5) is 8.78 Å². The maximum Gasteiger partial charge on any atom is 0.149 e. The van der Waals surface area contributed by atoms with Crippen molar-refractivity contribution < 1.29 is 13.9 Å². The molecule has 1 unspecified atom stereocenters. The first kappa shape index (κ1) is 12.5. The highest BCUT2D eigenvalue weighted by molar-refractivity contribution is 6.31. The van der Waals surface area contributed by atoms with Crippen LogP contribution in [0.2, 0.25) is 5.02 Å². The average Bonchev–Trinajstić information content (AvgIpc) is 2.11. The van der Waals surface area contributed by atoms with Crippen molar-refractivity contribution in [2.75, 3.05) is 0 Å². The number of benzene rings is 1. The van der Waals surface area contributed by atoms with Gasteiger partial charge in [0.2, 0.25) is 0 Å². The Hall–Kier alpha value is -0.605. The Morgan fingerprint density at radius 3 is 2.60 bits per heavy atom. The Balaban J connectivity index is 3.29. The molecule has 0 aliphatic rings. The lowest BCUT2D eigenvalue weighted by Crippen LogP contribution is -2.28. The van der Waals surface area contributed by atoms with E-state index in [1.54, 1.807) is 6.92 Å². The topological polar surface area (TPSA) is 20.2 Å². The first-order valence-corrected chi connectivity index (χ1v) is 4.93. The van der Waals surface area contributed by atoms with E-state index in [1.165, 1.54) is 0 Å². The second-order valence-electron chi connectivity index (χ2n) is 3.39. The Bertz CT molecular complexity index is 369. The molecule has 15 heavy (non-hydrogen) atoms. The molecule has 0 spiro atoms. The second-order valence-corrected chi connectivity index (χ2v) is 3.80. The van der Waals surface area contributed by atoms with Gasteiger partial charge >= 0.3 is 0 Å². The fraction of sp³-hybridized carbons (Fsp3) is 0.400. The highest BCUT2D eigenvalue weighted by Crippen LogP contribution is 2.31. The third-order valence-corrected chi connectivity index (χ3v) is 2.40. The molecule has 0 heterocycles. The van der Waals surface area contributed by atoms with Gasteiger partial charge in [0, 0.05) is 5.56 Å². The van der Waals surface area contributed by atoms with E-state index in [0.717, 1.165) is 12.1 Å². The number of hydrogen-bond donors (Lipinski definition) is 1. The molecular weight excluding hydrogens is 220 g/mol. The smallest absolute Gasteiger partial charge is 0.149 e. The van der Waals surface area contributed by atoms with Gasteiger partial charge in [-0.25, -0.2) is 8.78 Å². The summed E-state index contributed by atoms with van der Waals surface area (Å²) >= 11 is 5.48. The molecule has 0 bridgehead atoms. The van der Waals surface area contributed by atoms with Crippen LogP contribution in [0.25, 0.3) is 0 Å². The van der Waals surface area contributed by atoms with Crippen molar-refractivity contribution in [1.29, 1.82) is 0 Å². The van der Waals surface area contributed by atoms with Gasteiger partial charge in [-0.3, -0.25) is 0 Å². The summed E-state index contributed by atoms with van der Waals surface area (Å²) in [5.74, 6) is -1.90. The summed E-state index contributed by atoms with van der Waals surface area (Å²) in [7, 11) is 5.44. The van der Waals surface area contributed by atoms with Crippen molar-refractivity contribution in [3.05, 3.63) is 34.4 Å². The summed E-state index contributed by atoms with van der Waals surface area (Å²) in [6, 6.07) is 2.06. The van der Waals surface area contributed by atoms with E-state index in [4.69, 9.17) is 19.4 Å². The zero-order valence-corrected chi connectivity index (χ0v) is 8.98. The lowest BCUT2D eigenvalue weighted by atomic mass is 9.72. The Morgan fingerprint density at radius 1 is 1.47 bits per heavy atom. The van der Waals surface area contributed by atoms with Gasteiger partial charge in [0.15, 0.2) is 0 Å². The van der Waals surface area contributed by atoms with E-state index in [0.29, 0.717) is 6.42 Å². The van der Waals surface area contributed by atoms with Crippen LogP contribution < -0.4 is 0 Å². The molecule has 0 fully saturated rings. The highest BCUT2D eigenvalue weighted by Gasteiger charge is 2.29. The van der Waals surface area contributed by atoms with E-state index in [1.807, 2.05) is 0 Å². The molecular formula is C10H10BClF2O. The van der Waals surface area contributed by atoms with Crippen molar-refractivity contribution >= 4 is 19.4 Å². The molecule has 1 atom stereocenters. The molecule has 0 aliphatic carbocycles. The van der Waals surface area contributed by atoms with Gasteiger partial charge in [-0.1, -0.05) is 24.9 Å². The van der Waals surface area contributed by atoms with E-state index < -0.39 is 22.7 Å². The standard InChI is InChI=1S/C10H10BClF2O/c1-2-5-10(11,15)8-7(13)4-3-6(12)9(8)14/h3-4,15H,2,5H2,1H3. The molecule has 1 aromatic carbocycles. The summed E-state index contributed by atoms with van der Waals surface area (Å²) in [6.07, 6.45) is 0.555. The van der Waals surface area contributed by atoms with Gasteiger partial charge in [-0.2, -0.15) is 0 Å². The Morgan fingerprint density at radius 2 is 2.07 bits per heavy atom. The molecule has 1 rings (SSSR count). The molecule has 1 nitrogen and oxygen atoms in total. The Kier molecular flexibility index (Phi) is 3.74. The molecule has 1 N–H and O–H groups in total. The summed E-state index contributed by atoms with van der Waals surface area (Å²) < 4.78 is 26.8. The van der Waals surface area contributed by atoms with Crippen LogP contribution in [0.15, 0.2) is 12.1 Å². The molecule has 0 saturated heterocycles. The molecule has 80 valence electrons. The fourth-order valence-electron chi connectivity index (χ4n) is 1.43. The van der Waals surface area contributed by atoms with Crippen molar-refractivity contribution in [2.24, 2.45) is 0 Å². The first-order chi connectivity index (χ1) is 6.90. The van der Waals surface area contributed by atoms with E-state index in [-0.39, 0.29) is 11.4 Å². The minimum absolute atomic E-state index is 0.0567. The SMILES string of the molecule is [B]C(O)(CCC)c1c(F)ccc(Cl)c1F. The van der Waals surface area contributed by atoms with Crippen LogP contribution in [0.1, 0.15) is 25.3 Å². The van der Waals surface area contributed by atoms with E-state index in [2.05, 4.69) is 0 Å². The monoisotopic (exact) mass is 230 g/mol. The van der Waals surface area contributed by atoms with Crippen LogP contribution in [-0.4, -0.2) is 13.0 Å². The van der Waals surface area contributed by atoms with Crippen LogP contribution in [0.3, 0.4) is 0 Å². The summed E-state index contributed by atoms with van der Waals surface area (Å²) in [5, 5.41) is 9.45. The van der Waals surface area contributed by atoms with Gasteiger partial charge in [0.1, 0.15) is 19.5 Å². The van der Waals surface area contributed by atoms with Crippen molar-refractivity contribution in [1.82, 2.24) is 0 Å². The quantitative estimate of drug-likeness (QED) is 0.625. The normalized spacial score (nSPS) is 15.0. The van der Waals surface area contributed by atoms with Crippen molar-refractivity contribution in [3.8, 4) is 0 Å². The minimum Gasteiger partial charge on any atom is -0.395 e. The van der Waals surface area contributed by atoms with Crippen molar-refractivity contribution in [2.45, 2.75) is 25.3 Å². The van der Waals surface area contributed by atoms with Gasteiger partial charge in [0.25, 0.3) is 0 Å². The van der Waals surface area contributed by atoms with Crippen molar-refractivity contribution in [3.63, 3.8) is 0 Å². The van der Waals surface area contributed by atoms with Crippen LogP contribution in [0.5, 0.6) is 0 Å². The second kappa shape index (κ2) is 4.50. The maximum atomic E-state index is 13.5. The maximum absolute atomic E-state index is 13.5. The first-order valence-electron chi connectivity index (χ1n) is 4.55. The third kappa shape index (κ3) is 2.50. The molecule has 0 saturated carbocycles. The third-order valence-electron chi connectivity index (χ3n) is 2.11. The van der Waals surface area contributed by atoms with Crippen LogP contribution in [0, 0.1) is 11.6 Å². The molecule has 0 aromatic heterocycles. The summed E-state index contributed by atoms with van der Waals surface area (Å²) in [4.78, 5) is 0. The molecule has 2 radical (unpaired) electrons. The zero-order valence-electron chi connectivity index (χ0n) is 8.23. The van der Waals surface area contributed by atoms with Gasteiger partial charge in [-0.05, 0) is 18.6 Å². The van der Waals surface area contributed by atoms with E-state index in [9.17, 15) is 13.9 Å². The summed E-state index contributed by atoms with van der Waals surface area (Å²) in [6.45, 7) is 1.75. The molecule has 0 amide bonds. The largest absolute Gasteiger partial charge is 0.395 e.